The molecule has 0 amide bonds. The van der Waals surface area contributed by atoms with E-state index in [1.54, 1.807) is 0 Å². The van der Waals surface area contributed by atoms with Gasteiger partial charge < -0.3 is 4.57 Å². The van der Waals surface area contributed by atoms with Crippen LogP contribution < -0.4 is 0 Å². The lowest BCUT2D eigenvalue weighted by molar-refractivity contribution is 1.20. The molecule has 1 nitrogen and oxygen atoms in total. The van der Waals surface area contributed by atoms with Gasteiger partial charge in [-0.1, -0.05) is 127 Å². The summed E-state index contributed by atoms with van der Waals surface area (Å²) in [6.07, 6.45) is 0. The standard InChI is InChI=1S/C34H22ClN/c35-31-18-8-5-15-27(31)25-13-3-4-14-26(25)30-22-21-23-11-1-2-12-24(23)34(30)36-32-19-9-6-16-28(32)29-17-7-10-20-33(29)36/h1-22H. The molecule has 0 aliphatic heterocycles. The summed E-state index contributed by atoms with van der Waals surface area (Å²) in [5.41, 5.74) is 8.09. The molecule has 0 atom stereocenters. The van der Waals surface area contributed by atoms with Crippen molar-refractivity contribution in [3.8, 4) is 27.9 Å². The van der Waals surface area contributed by atoms with Gasteiger partial charge >= 0.3 is 0 Å². The van der Waals surface area contributed by atoms with Crippen LogP contribution >= 0.6 is 11.6 Å². The van der Waals surface area contributed by atoms with Crippen LogP contribution in [-0.4, -0.2) is 4.57 Å². The van der Waals surface area contributed by atoms with E-state index in [2.05, 4.69) is 120 Å². The lowest BCUT2D eigenvalue weighted by Crippen LogP contribution is -2.00. The highest BCUT2D eigenvalue weighted by Crippen LogP contribution is 2.43. The molecule has 0 saturated heterocycles. The highest BCUT2D eigenvalue weighted by molar-refractivity contribution is 6.33. The number of rotatable bonds is 3. The van der Waals surface area contributed by atoms with Crippen LogP contribution in [0.3, 0.4) is 0 Å². The number of nitrogens with zero attached hydrogens (tertiary/aromatic N) is 1. The Morgan fingerprint density at radius 3 is 1.56 bits per heavy atom. The number of hydrogen-bond acceptors (Lipinski definition) is 0. The second-order valence-electron chi connectivity index (χ2n) is 9.08. The Kier molecular flexibility index (Phi) is 4.90. The Labute approximate surface area is 214 Å². The molecule has 0 N–H and O–H groups in total. The molecule has 0 saturated carbocycles. The fraction of sp³-hybridized carbons (Fsp3) is 0. The van der Waals surface area contributed by atoms with Gasteiger partial charge in [0.25, 0.3) is 0 Å². The lowest BCUT2D eigenvalue weighted by atomic mass is 9.91. The minimum Gasteiger partial charge on any atom is -0.308 e. The SMILES string of the molecule is Clc1ccccc1-c1ccccc1-c1ccc2ccccc2c1-n1c2ccccc2c2ccccc21. The van der Waals surface area contributed by atoms with Crippen molar-refractivity contribution in [2.24, 2.45) is 0 Å². The molecule has 1 aromatic heterocycles. The minimum absolute atomic E-state index is 0.754. The summed E-state index contributed by atoms with van der Waals surface area (Å²) in [5, 5.41) is 5.70. The summed E-state index contributed by atoms with van der Waals surface area (Å²) >= 11 is 6.70. The summed E-state index contributed by atoms with van der Waals surface area (Å²) in [4.78, 5) is 0. The van der Waals surface area contributed by atoms with Crippen LogP contribution in [0.1, 0.15) is 0 Å². The first-order valence-electron chi connectivity index (χ1n) is 12.2. The van der Waals surface area contributed by atoms with E-state index in [0.29, 0.717) is 0 Å². The average molecular weight is 480 g/mol. The van der Waals surface area contributed by atoms with Gasteiger partial charge in [0.2, 0.25) is 0 Å². The summed E-state index contributed by atoms with van der Waals surface area (Å²) in [5.74, 6) is 0. The van der Waals surface area contributed by atoms with E-state index in [-0.39, 0.29) is 0 Å². The average Bonchev–Trinajstić information content (AvgIpc) is 3.27. The molecule has 0 spiro atoms. The van der Waals surface area contributed by atoms with Gasteiger partial charge in [-0.25, -0.2) is 0 Å². The van der Waals surface area contributed by atoms with Crippen LogP contribution in [0.15, 0.2) is 133 Å². The first kappa shape index (κ1) is 21.0. The van der Waals surface area contributed by atoms with Gasteiger partial charge in [-0.05, 0) is 34.7 Å². The molecule has 0 aliphatic carbocycles. The third-order valence-electron chi connectivity index (χ3n) is 7.09. The smallest absolute Gasteiger partial charge is 0.0619 e. The first-order chi connectivity index (χ1) is 17.8. The monoisotopic (exact) mass is 479 g/mol. The van der Waals surface area contributed by atoms with Gasteiger partial charge in [0.05, 0.1) is 16.7 Å². The van der Waals surface area contributed by atoms with E-state index >= 15 is 0 Å². The second kappa shape index (κ2) is 8.41. The van der Waals surface area contributed by atoms with Gasteiger partial charge in [0, 0.05) is 32.3 Å². The Morgan fingerprint density at radius 1 is 0.389 bits per heavy atom. The van der Waals surface area contributed by atoms with E-state index in [0.717, 1.165) is 21.7 Å². The van der Waals surface area contributed by atoms with Crippen molar-refractivity contribution in [3.63, 3.8) is 0 Å². The maximum Gasteiger partial charge on any atom is 0.0619 e. The normalized spacial score (nSPS) is 11.5. The van der Waals surface area contributed by atoms with Crippen LogP contribution in [0.4, 0.5) is 0 Å². The highest BCUT2D eigenvalue weighted by atomic mass is 35.5. The largest absolute Gasteiger partial charge is 0.308 e. The van der Waals surface area contributed by atoms with Gasteiger partial charge in [0.1, 0.15) is 0 Å². The Morgan fingerprint density at radius 2 is 0.889 bits per heavy atom. The van der Waals surface area contributed by atoms with E-state index in [4.69, 9.17) is 11.6 Å². The van der Waals surface area contributed by atoms with Crippen molar-refractivity contribution in [2.45, 2.75) is 0 Å². The van der Waals surface area contributed by atoms with E-state index in [1.165, 1.54) is 43.8 Å². The van der Waals surface area contributed by atoms with Crippen molar-refractivity contribution < 1.29 is 0 Å². The predicted octanol–water partition coefficient (Wildman–Crippen LogP) is 9.92. The van der Waals surface area contributed by atoms with Crippen molar-refractivity contribution >= 4 is 44.2 Å². The molecule has 2 heteroatoms. The summed E-state index contributed by atoms with van der Waals surface area (Å²) in [7, 11) is 0. The predicted molar refractivity (Wildman–Crippen MR) is 154 cm³/mol. The zero-order chi connectivity index (χ0) is 24.1. The summed E-state index contributed by atoms with van der Waals surface area (Å²) < 4.78 is 2.44. The van der Waals surface area contributed by atoms with Gasteiger partial charge in [-0.3, -0.25) is 0 Å². The molecule has 0 aliphatic rings. The Hall–Kier alpha value is -4.33. The number of para-hydroxylation sites is 2. The van der Waals surface area contributed by atoms with Crippen molar-refractivity contribution in [3.05, 3.63) is 138 Å². The second-order valence-corrected chi connectivity index (χ2v) is 9.49. The highest BCUT2D eigenvalue weighted by Gasteiger charge is 2.20. The first-order valence-corrected chi connectivity index (χ1v) is 12.5. The third-order valence-corrected chi connectivity index (χ3v) is 7.42. The van der Waals surface area contributed by atoms with Crippen LogP contribution in [0.25, 0.3) is 60.5 Å². The molecule has 6 aromatic carbocycles. The maximum absolute atomic E-state index is 6.70. The minimum atomic E-state index is 0.754. The van der Waals surface area contributed by atoms with Gasteiger partial charge in [0.15, 0.2) is 0 Å². The van der Waals surface area contributed by atoms with E-state index in [9.17, 15) is 0 Å². The number of halogens is 1. The lowest BCUT2D eigenvalue weighted by Gasteiger charge is -2.19. The van der Waals surface area contributed by atoms with Crippen LogP contribution in [-0.2, 0) is 0 Å². The molecule has 1 heterocycles. The zero-order valence-corrected chi connectivity index (χ0v) is 20.3. The molecular formula is C34H22ClN. The van der Waals surface area contributed by atoms with Crippen molar-refractivity contribution in [2.75, 3.05) is 0 Å². The molecule has 0 unspecified atom stereocenters. The molecule has 170 valence electrons. The fourth-order valence-corrected chi connectivity index (χ4v) is 5.75. The summed E-state index contributed by atoms with van der Waals surface area (Å²) in [6.45, 7) is 0. The molecule has 7 rings (SSSR count). The number of aromatic nitrogens is 1. The summed E-state index contributed by atoms with van der Waals surface area (Å²) in [6, 6.07) is 47.2. The van der Waals surface area contributed by atoms with Crippen LogP contribution in [0.2, 0.25) is 5.02 Å². The zero-order valence-electron chi connectivity index (χ0n) is 19.5. The van der Waals surface area contributed by atoms with Crippen molar-refractivity contribution in [1.82, 2.24) is 4.57 Å². The third kappa shape index (κ3) is 3.17. The maximum atomic E-state index is 6.70. The van der Waals surface area contributed by atoms with Gasteiger partial charge in [-0.15, -0.1) is 0 Å². The molecule has 36 heavy (non-hydrogen) atoms. The molecule has 7 aromatic rings. The Balaban J connectivity index is 1.66. The van der Waals surface area contributed by atoms with E-state index < -0.39 is 0 Å². The van der Waals surface area contributed by atoms with Gasteiger partial charge in [-0.2, -0.15) is 0 Å². The number of fused-ring (bicyclic) bond motifs is 4. The van der Waals surface area contributed by atoms with Crippen molar-refractivity contribution in [1.29, 1.82) is 0 Å². The number of benzene rings is 6. The molecular weight excluding hydrogens is 458 g/mol. The quantitative estimate of drug-likeness (QED) is 0.237. The Bertz CT molecular complexity index is 1860. The van der Waals surface area contributed by atoms with Crippen LogP contribution in [0, 0.1) is 0 Å². The van der Waals surface area contributed by atoms with E-state index in [1.807, 2.05) is 18.2 Å². The topological polar surface area (TPSA) is 4.93 Å². The molecule has 0 fully saturated rings. The van der Waals surface area contributed by atoms with Crippen LogP contribution in [0.5, 0.6) is 0 Å². The number of hydrogen-bond donors (Lipinski definition) is 0. The fourth-order valence-electron chi connectivity index (χ4n) is 5.51. The molecule has 0 radical (unpaired) electrons. The molecule has 0 bridgehead atoms.